The van der Waals surface area contributed by atoms with Crippen molar-refractivity contribution in [1.29, 1.82) is 0 Å². The van der Waals surface area contributed by atoms with Crippen LogP contribution in [0, 0.1) is 6.92 Å². The lowest BCUT2D eigenvalue weighted by molar-refractivity contribution is 0.445. The zero-order valence-electron chi connectivity index (χ0n) is 12.0. The van der Waals surface area contributed by atoms with E-state index in [1.807, 2.05) is 13.0 Å². The molecule has 0 amide bonds. The third kappa shape index (κ3) is 1.88. The van der Waals surface area contributed by atoms with E-state index in [0.29, 0.717) is 5.70 Å². The van der Waals surface area contributed by atoms with Crippen LogP contribution in [-0.4, -0.2) is 4.98 Å². The first-order chi connectivity index (χ1) is 8.89. The van der Waals surface area contributed by atoms with E-state index in [0.717, 1.165) is 16.8 Å². The summed E-state index contributed by atoms with van der Waals surface area (Å²) in [7, 11) is 0. The highest BCUT2D eigenvalue weighted by Gasteiger charge is 2.35. The first-order valence-electron chi connectivity index (χ1n) is 6.51. The second kappa shape index (κ2) is 4.46. The van der Waals surface area contributed by atoms with Crippen molar-refractivity contribution in [2.24, 2.45) is 11.5 Å². The predicted octanol–water partition coefficient (Wildman–Crippen LogP) is 1.58. The van der Waals surface area contributed by atoms with E-state index >= 15 is 0 Å². The number of pyridine rings is 1. The van der Waals surface area contributed by atoms with Crippen molar-refractivity contribution in [3.63, 3.8) is 0 Å². The van der Waals surface area contributed by atoms with Crippen LogP contribution in [0.25, 0.3) is 0 Å². The number of nitrogens with zero attached hydrogens (tertiary/aromatic N) is 1. The largest absolute Gasteiger partial charge is 0.399 e. The van der Waals surface area contributed by atoms with Gasteiger partial charge in [0.15, 0.2) is 7.07 Å². The highest BCUT2D eigenvalue weighted by molar-refractivity contribution is 5.44. The van der Waals surface area contributed by atoms with Gasteiger partial charge in [-0.2, -0.15) is 0 Å². The first-order valence-corrected chi connectivity index (χ1v) is 6.06. The van der Waals surface area contributed by atoms with Crippen LogP contribution in [0.3, 0.4) is 0 Å². The van der Waals surface area contributed by atoms with Gasteiger partial charge in [0.25, 0.3) is 0 Å². The monoisotopic (exact) mass is 245 g/mol. The average Bonchev–Trinajstić information content (AvgIpc) is 2.35. The van der Waals surface area contributed by atoms with Crippen LogP contribution >= 0.6 is 0 Å². The lowest BCUT2D eigenvalue weighted by Gasteiger charge is -2.35. The fourth-order valence-electron chi connectivity index (χ4n) is 2.23. The van der Waals surface area contributed by atoms with Gasteiger partial charge in [0.05, 0.1) is 11.4 Å². The third-order valence-corrected chi connectivity index (χ3v) is 3.20. The highest BCUT2D eigenvalue weighted by atomic mass is 15.1. The van der Waals surface area contributed by atoms with Crippen LogP contribution in [0.5, 0.6) is 0 Å². The van der Waals surface area contributed by atoms with Crippen molar-refractivity contribution < 1.29 is 1.41 Å². The van der Waals surface area contributed by atoms with E-state index < -0.39 is 5.66 Å². The molecule has 0 bridgehead atoms. The maximum atomic E-state index is 8.10. The molecule has 1 aromatic heterocycles. The number of nitrogens with one attached hydrogen (secondary N) is 1. The molecule has 96 valence electrons. The quantitative estimate of drug-likeness (QED) is 0.739. The summed E-state index contributed by atoms with van der Waals surface area (Å²) >= 11 is 0. The molecule has 1 aliphatic heterocycles. The Bertz CT molecular complexity index is 550. The summed E-state index contributed by atoms with van der Waals surface area (Å²) in [6.07, 6.45) is 6.83. The molecule has 4 nitrogen and oxygen atoms in total. The summed E-state index contributed by atoms with van der Waals surface area (Å²) in [6, 6.07) is 1.90. The number of rotatable bonds is 2. The summed E-state index contributed by atoms with van der Waals surface area (Å²) in [4.78, 5) is 4.43. The first kappa shape index (κ1) is 11.3. The fourth-order valence-corrected chi connectivity index (χ4v) is 2.23. The van der Waals surface area contributed by atoms with Gasteiger partial charge in [0.1, 0.15) is 0 Å². The van der Waals surface area contributed by atoms with Crippen molar-refractivity contribution in [3.05, 3.63) is 53.1 Å². The Balaban J connectivity index is 2.70. The molecule has 0 aliphatic carbocycles. The van der Waals surface area contributed by atoms with Crippen LogP contribution in [0.4, 0.5) is 0 Å². The zero-order valence-corrected chi connectivity index (χ0v) is 11.0. The smallest absolute Gasteiger partial charge is 0.162 e. The standard InChI is InChI=1S/C14H20N4/c1-9(2)13-12(10(3)6-8-17-13)14(16)11(15)5-4-7-18-14/h4-9,18H,15-16H2,1-3H3/i/hD. The lowest BCUT2D eigenvalue weighted by Crippen LogP contribution is -2.54. The van der Waals surface area contributed by atoms with Gasteiger partial charge in [0.2, 0.25) is 0 Å². The van der Waals surface area contributed by atoms with E-state index in [-0.39, 0.29) is 5.92 Å². The fraction of sp³-hybridized carbons (Fsp3) is 0.357. The van der Waals surface area contributed by atoms with Gasteiger partial charge in [-0.1, -0.05) is 13.8 Å². The number of aryl methyl sites for hydroxylation is 1. The Morgan fingerprint density at radius 2 is 2.22 bits per heavy atom. The average molecular weight is 245 g/mol. The summed E-state index contributed by atoms with van der Waals surface area (Å²) in [5, 5.41) is 1.19. The van der Waals surface area contributed by atoms with Gasteiger partial charge >= 0.3 is 0 Å². The van der Waals surface area contributed by atoms with E-state index in [1.165, 1.54) is 5.31 Å². The van der Waals surface area contributed by atoms with Crippen LogP contribution in [0.1, 0.15) is 36.6 Å². The molecule has 1 aromatic rings. The second-order valence-corrected chi connectivity index (χ2v) is 4.90. The van der Waals surface area contributed by atoms with Crippen LogP contribution in [0.15, 0.2) is 36.3 Å². The molecule has 0 spiro atoms. The summed E-state index contributed by atoms with van der Waals surface area (Å²) in [6.45, 7) is 6.08. The molecule has 0 saturated heterocycles. The number of aromatic nitrogens is 1. The number of hydrogen-bond acceptors (Lipinski definition) is 4. The molecule has 5 N–H and O–H groups in total. The SMILES string of the molecule is [2H]N1C=CC=C(N)C1(N)c1c(C)ccnc1C(C)C. The molecule has 2 rings (SSSR count). The Hall–Kier alpha value is -1.81. The highest BCUT2D eigenvalue weighted by Crippen LogP contribution is 2.31. The van der Waals surface area contributed by atoms with Crippen LogP contribution < -0.4 is 16.8 Å². The lowest BCUT2D eigenvalue weighted by atomic mass is 9.87. The molecule has 1 aliphatic rings. The van der Waals surface area contributed by atoms with Gasteiger partial charge in [-0.15, -0.1) is 0 Å². The van der Waals surface area contributed by atoms with Crippen molar-refractivity contribution in [2.45, 2.75) is 32.4 Å². The topological polar surface area (TPSA) is 77.0 Å². The maximum absolute atomic E-state index is 8.10. The third-order valence-electron chi connectivity index (χ3n) is 3.20. The predicted molar refractivity (Wildman–Crippen MR) is 73.5 cm³/mol. The molecule has 1 unspecified atom stereocenters. The van der Waals surface area contributed by atoms with Crippen LogP contribution in [-0.2, 0) is 5.66 Å². The van der Waals surface area contributed by atoms with Crippen molar-refractivity contribution in [1.82, 2.24) is 10.3 Å². The van der Waals surface area contributed by atoms with Crippen molar-refractivity contribution in [2.75, 3.05) is 0 Å². The molecule has 2 heterocycles. The molecular weight excluding hydrogens is 224 g/mol. The molecule has 1 atom stereocenters. The second-order valence-electron chi connectivity index (χ2n) is 4.90. The van der Waals surface area contributed by atoms with Crippen LogP contribution in [0.2, 0.25) is 1.41 Å². The van der Waals surface area contributed by atoms with Gasteiger partial charge in [-0.25, -0.2) is 0 Å². The Kier molecular flexibility index (Phi) is 2.80. The minimum atomic E-state index is -1.16. The number of allylic oxidation sites excluding steroid dienone is 2. The summed E-state index contributed by atoms with van der Waals surface area (Å²) < 4.78 is 8.10. The van der Waals surface area contributed by atoms with Crippen molar-refractivity contribution >= 4 is 0 Å². The van der Waals surface area contributed by atoms with E-state index in [4.69, 9.17) is 12.9 Å². The Morgan fingerprint density at radius 1 is 1.50 bits per heavy atom. The molecular formula is C14H20N4. The number of nitrogens with two attached hydrogens (primary N) is 2. The maximum Gasteiger partial charge on any atom is 0.162 e. The minimum absolute atomic E-state index is 0.211. The van der Waals surface area contributed by atoms with Crippen molar-refractivity contribution in [3.8, 4) is 0 Å². The zero-order chi connectivity index (χ0) is 14.2. The molecule has 0 aromatic carbocycles. The summed E-state index contributed by atoms with van der Waals surface area (Å²) in [5.41, 5.74) is 14.5. The van der Waals surface area contributed by atoms with E-state index in [1.54, 1.807) is 24.5 Å². The molecule has 0 saturated carbocycles. The minimum Gasteiger partial charge on any atom is -0.399 e. The normalized spacial score (nSPS) is 24.2. The van der Waals surface area contributed by atoms with Gasteiger partial charge in [-0.3, -0.25) is 10.7 Å². The molecule has 0 radical (unpaired) electrons. The molecule has 18 heavy (non-hydrogen) atoms. The van der Waals surface area contributed by atoms with Gasteiger partial charge in [-0.05, 0) is 42.8 Å². The van der Waals surface area contributed by atoms with E-state index in [2.05, 4.69) is 18.8 Å². The summed E-state index contributed by atoms with van der Waals surface area (Å²) in [5.74, 6) is 0.211. The van der Waals surface area contributed by atoms with Gasteiger partial charge < -0.3 is 11.0 Å². The molecule has 4 heteroatoms. The van der Waals surface area contributed by atoms with Gasteiger partial charge in [0, 0.05) is 11.8 Å². The molecule has 0 fully saturated rings. The number of dihydropyridines is 1. The Labute approximate surface area is 109 Å². The Morgan fingerprint density at radius 3 is 2.83 bits per heavy atom. The number of hydrogen-bond donors (Lipinski definition) is 3. The van der Waals surface area contributed by atoms with E-state index in [9.17, 15) is 0 Å².